The second kappa shape index (κ2) is 6.70. The van der Waals surface area contributed by atoms with Crippen molar-refractivity contribution in [2.45, 2.75) is 38.4 Å². The predicted octanol–water partition coefficient (Wildman–Crippen LogP) is 2.42. The number of amides is 1. The maximum atomic E-state index is 12.6. The van der Waals surface area contributed by atoms with E-state index in [-0.39, 0.29) is 5.91 Å². The minimum atomic E-state index is 0.180. The van der Waals surface area contributed by atoms with E-state index in [4.69, 9.17) is 0 Å². The van der Waals surface area contributed by atoms with Crippen molar-refractivity contribution in [2.24, 2.45) is 0 Å². The molecule has 2 aromatic rings. The van der Waals surface area contributed by atoms with Gasteiger partial charge in [0.05, 0.1) is 18.7 Å². The molecule has 1 aromatic carbocycles. The van der Waals surface area contributed by atoms with E-state index < -0.39 is 0 Å². The molecule has 0 unspecified atom stereocenters. The third-order valence-corrected chi connectivity index (χ3v) is 5.12. The molecule has 0 atom stereocenters. The lowest BCUT2D eigenvalue weighted by molar-refractivity contribution is -0.134. The van der Waals surface area contributed by atoms with Crippen LogP contribution in [-0.2, 0) is 17.9 Å². The molecule has 1 N–H and O–H groups in total. The largest absolute Gasteiger partial charge is 0.366 e. The minimum absolute atomic E-state index is 0.180. The van der Waals surface area contributed by atoms with Crippen LogP contribution < -0.4 is 10.2 Å². The molecule has 2 heterocycles. The van der Waals surface area contributed by atoms with E-state index in [9.17, 15) is 4.79 Å². The van der Waals surface area contributed by atoms with Crippen LogP contribution in [0, 0.1) is 0 Å². The van der Waals surface area contributed by atoms with E-state index in [2.05, 4.69) is 27.4 Å². The summed E-state index contributed by atoms with van der Waals surface area (Å²) in [4.78, 5) is 25.5. The van der Waals surface area contributed by atoms with Crippen molar-refractivity contribution in [3.8, 4) is 0 Å². The van der Waals surface area contributed by atoms with Gasteiger partial charge in [0.15, 0.2) is 0 Å². The summed E-state index contributed by atoms with van der Waals surface area (Å²) in [6.45, 7) is 1.66. The molecule has 6 heteroatoms. The van der Waals surface area contributed by atoms with Gasteiger partial charge in [-0.25, -0.2) is 9.97 Å². The van der Waals surface area contributed by atoms with Gasteiger partial charge in [0.25, 0.3) is 0 Å². The summed E-state index contributed by atoms with van der Waals surface area (Å²) in [6, 6.07) is 10.6. The zero-order chi connectivity index (χ0) is 17.2. The zero-order valence-corrected chi connectivity index (χ0v) is 14.5. The fraction of sp³-hybridized carbons (Fsp3) is 0.421. The van der Waals surface area contributed by atoms with Gasteiger partial charge in [-0.3, -0.25) is 4.79 Å². The van der Waals surface area contributed by atoms with Crippen molar-refractivity contribution in [2.75, 3.05) is 23.8 Å². The van der Waals surface area contributed by atoms with Crippen LogP contribution >= 0.6 is 0 Å². The first-order chi connectivity index (χ1) is 12.2. The Labute approximate surface area is 147 Å². The van der Waals surface area contributed by atoms with Crippen LogP contribution in [0.1, 0.15) is 30.4 Å². The molecule has 1 amide bonds. The Bertz CT molecular complexity index is 760. The second-order valence-corrected chi connectivity index (χ2v) is 6.83. The summed E-state index contributed by atoms with van der Waals surface area (Å²) in [5, 5.41) is 3.43. The van der Waals surface area contributed by atoms with Crippen molar-refractivity contribution in [3.63, 3.8) is 0 Å². The standard InChI is InChI=1S/C19H23N5O/c1-23-12-17(25)24(15-8-5-9-15)11-16-18(21-13-22-19(16)23)20-10-14-6-3-2-4-7-14/h2-4,6-7,13,15H,5,8-12H2,1H3,(H,20,21,22). The van der Waals surface area contributed by atoms with Crippen LogP contribution in [0.5, 0.6) is 0 Å². The first-order valence-electron chi connectivity index (χ1n) is 8.84. The molecule has 0 bridgehead atoms. The number of rotatable bonds is 4. The van der Waals surface area contributed by atoms with Gasteiger partial charge in [0, 0.05) is 19.6 Å². The Morgan fingerprint density at radius 2 is 1.96 bits per heavy atom. The summed E-state index contributed by atoms with van der Waals surface area (Å²) in [5.74, 6) is 1.85. The monoisotopic (exact) mass is 337 g/mol. The molecule has 2 aliphatic rings. The Morgan fingerprint density at radius 3 is 2.68 bits per heavy atom. The molecule has 1 aliphatic heterocycles. The Balaban J connectivity index is 1.61. The van der Waals surface area contributed by atoms with Crippen LogP contribution in [0.3, 0.4) is 0 Å². The number of nitrogens with one attached hydrogen (secondary N) is 1. The molecule has 1 fully saturated rings. The predicted molar refractivity (Wildman–Crippen MR) is 97.3 cm³/mol. The SMILES string of the molecule is CN1CC(=O)N(C2CCC2)Cc2c(NCc3ccccc3)ncnc21. The lowest BCUT2D eigenvalue weighted by Gasteiger charge is -2.37. The summed E-state index contributed by atoms with van der Waals surface area (Å²) >= 11 is 0. The molecule has 1 aromatic heterocycles. The van der Waals surface area contributed by atoms with Gasteiger partial charge < -0.3 is 15.1 Å². The molecular weight excluding hydrogens is 314 g/mol. The summed E-state index contributed by atoms with van der Waals surface area (Å²) in [6.07, 6.45) is 4.99. The van der Waals surface area contributed by atoms with Crippen molar-refractivity contribution < 1.29 is 4.79 Å². The fourth-order valence-electron chi connectivity index (χ4n) is 3.47. The minimum Gasteiger partial charge on any atom is -0.366 e. The first kappa shape index (κ1) is 15.9. The number of anilines is 2. The summed E-state index contributed by atoms with van der Waals surface area (Å²) < 4.78 is 0. The normalized spacial score (nSPS) is 17.7. The molecule has 6 nitrogen and oxygen atoms in total. The maximum absolute atomic E-state index is 12.6. The third kappa shape index (κ3) is 3.16. The number of likely N-dealkylation sites (N-methyl/N-ethyl adjacent to an activating group) is 1. The second-order valence-electron chi connectivity index (χ2n) is 6.83. The van der Waals surface area contributed by atoms with E-state index in [1.54, 1.807) is 6.33 Å². The lowest BCUT2D eigenvalue weighted by Crippen LogP contribution is -2.45. The van der Waals surface area contributed by atoms with Gasteiger partial charge in [-0.05, 0) is 24.8 Å². The molecule has 1 saturated carbocycles. The highest BCUT2D eigenvalue weighted by Gasteiger charge is 2.33. The van der Waals surface area contributed by atoms with Crippen LogP contribution in [-0.4, -0.2) is 40.4 Å². The van der Waals surface area contributed by atoms with E-state index in [1.165, 1.54) is 12.0 Å². The average molecular weight is 337 g/mol. The molecule has 130 valence electrons. The number of nitrogens with zero attached hydrogens (tertiary/aromatic N) is 4. The number of hydrogen-bond acceptors (Lipinski definition) is 5. The molecule has 0 radical (unpaired) electrons. The Kier molecular flexibility index (Phi) is 4.26. The number of benzene rings is 1. The van der Waals surface area contributed by atoms with Gasteiger partial charge in [-0.1, -0.05) is 30.3 Å². The molecule has 25 heavy (non-hydrogen) atoms. The van der Waals surface area contributed by atoms with Gasteiger partial charge in [0.2, 0.25) is 5.91 Å². The quantitative estimate of drug-likeness (QED) is 0.928. The topological polar surface area (TPSA) is 61.4 Å². The smallest absolute Gasteiger partial charge is 0.242 e. The van der Waals surface area contributed by atoms with Crippen molar-refractivity contribution in [3.05, 3.63) is 47.8 Å². The number of aromatic nitrogens is 2. The van der Waals surface area contributed by atoms with Crippen molar-refractivity contribution >= 4 is 17.5 Å². The van der Waals surface area contributed by atoms with E-state index in [1.807, 2.05) is 35.0 Å². The van der Waals surface area contributed by atoms with E-state index in [0.717, 1.165) is 30.0 Å². The van der Waals surface area contributed by atoms with Crippen LogP contribution in [0.15, 0.2) is 36.7 Å². The highest BCUT2D eigenvalue weighted by atomic mass is 16.2. The van der Waals surface area contributed by atoms with Gasteiger partial charge >= 0.3 is 0 Å². The number of fused-ring (bicyclic) bond motifs is 1. The van der Waals surface area contributed by atoms with Gasteiger partial charge in [-0.15, -0.1) is 0 Å². The molecule has 0 spiro atoms. The number of carbonyl (C=O) groups is 1. The molecule has 1 aliphatic carbocycles. The molecule has 4 rings (SSSR count). The Hall–Kier alpha value is -2.63. The third-order valence-electron chi connectivity index (χ3n) is 5.12. The van der Waals surface area contributed by atoms with Crippen molar-refractivity contribution in [1.29, 1.82) is 0 Å². The van der Waals surface area contributed by atoms with Gasteiger partial charge in [-0.2, -0.15) is 0 Å². The van der Waals surface area contributed by atoms with Crippen molar-refractivity contribution in [1.82, 2.24) is 14.9 Å². The summed E-state index contributed by atoms with van der Waals surface area (Å²) in [7, 11) is 1.93. The average Bonchev–Trinajstić information content (AvgIpc) is 2.70. The van der Waals surface area contributed by atoms with Crippen LogP contribution in [0.4, 0.5) is 11.6 Å². The molecular formula is C19H23N5O. The van der Waals surface area contributed by atoms with Gasteiger partial charge in [0.1, 0.15) is 18.0 Å². The number of hydrogen-bond donors (Lipinski definition) is 1. The first-order valence-corrected chi connectivity index (χ1v) is 8.84. The lowest BCUT2D eigenvalue weighted by atomic mass is 9.91. The fourth-order valence-corrected chi connectivity index (χ4v) is 3.47. The number of carbonyl (C=O) groups excluding carboxylic acids is 1. The van der Waals surface area contributed by atoms with E-state index >= 15 is 0 Å². The highest BCUT2D eigenvalue weighted by Crippen LogP contribution is 2.33. The zero-order valence-electron chi connectivity index (χ0n) is 14.5. The Morgan fingerprint density at radius 1 is 1.16 bits per heavy atom. The van der Waals surface area contributed by atoms with E-state index in [0.29, 0.717) is 25.7 Å². The molecule has 0 saturated heterocycles. The van der Waals surface area contributed by atoms with Crippen LogP contribution in [0.2, 0.25) is 0 Å². The maximum Gasteiger partial charge on any atom is 0.242 e. The summed E-state index contributed by atoms with van der Waals surface area (Å²) in [5.41, 5.74) is 2.21. The highest BCUT2D eigenvalue weighted by molar-refractivity contribution is 5.84. The van der Waals surface area contributed by atoms with Crippen LogP contribution in [0.25, 0.3) is 0 Å².